The summed E-state index contributed by atoms with van der Waals surface area (Å²) in [5, 5.41) is 12.7. The van der Waals surface area contributed by atoms with E-state index in [2.05, 4.69) is 0 Å². The van der Waals surface area contributed by atoms with Crippen LogP contribution in [0.15, 0.2) is 48.5 Å². The molecule has 0 heterocycles. The highest BCUT2D eigenvalue weighted by atomic mass is 19.4. The highest BCUT2D eigenvalue weighted by molar-refractivity contribution is 5.90. The number of aryl methyl sites for hydroxylation is 1. The van der Waals surface area contributed by atoms with Crippen LogP contribution in [0.4, 0.5) is 22.0 Å². The smallest absolute Gasteiger partial charge is 0.286 e. The number of benzene rings is 3. The van der Waals surface area contributed by atoms with Crippen LogP contribution >= 0.6 is 0 Å². The Hall–Kier alpha value is -2.89. The number of alkyl halides is 3. The second-order valence-electron chi connectivity index (χ2n) is 7.06. The van der Waals surface area contributed by atoms with Crippen molar-refractivity contribution in [1.29, 1.82) is 0 Å². The van der Waals surface area contributed by atoms with Crippen LogP contribution in [0.3, 0.4) is 0 Å². The fourth-order valence-electron chi connectivity index (χ4n) is 3.59. The summed E-state index contributed by atoms with van der Waals surface area (Å²) >= 11 is 0. The molecule has 157 valence electrons. The summed E-state index contributed by atoms with van der Waals surface area (Å²) in [5.41, 5.74) is 0.881. The van der Waals surface area contributed by atoms with Gasteiger partial charge in [-0.1, -0.05) is 56.7 Å². The zero-order chi connectivity index (χ0) is 22.1. The van der Waals surface area contributed by atoms with Crippen LogP contribution in [0.1, 0.15) is 37.0 Å². The fourth-order valence-corrected chi connectivity index (χ4v) is 3.59. The van der Waals surface area contributed by atoms with Crippen molar-refractivity contribution in [2.45, 2.75) is 39.3 Å². The van der Waals surface area contributed by atoms with Gasteiger partial charge in [0.15, 0.2) is 5.82 Å². The lowest BCUT2D eigenvalue weighted by Crippen LogP contribution is -2.05. The predicted octanol–water partition coefficient (Wildman–Crippen LogP) is 7.98. The van der Waals surface area contributed by atoms with Crippen LogP contribution in [0.2, 0.25) is 0 Å². The zero-order valence-electron chi connectivity index (χ0n) is 16.5. The van der Waals surface area contributed by atoms with E-state index in [-0.39, 0.29) is 28.7 Å². The monoisotopic (exact) mass is 419 g/mol. The maximum Gasteiger partial charge on any atom is 0.416 e. The van der Waals surface area contributed by atoms with E-state index >= 15 is 0 Å². The average molecular weight is 419 g/mol. The molecule has 3 rings (SSSR count). The third-order valence-corrected chi connectivity index (χ3v) is 5.07. The van der Waals surface area contributed by atoms with Crippen molar-refractivity contribution in [2.24, 2.45) is 0 Å². The first kappa shape index (κ1) is 21.8. The van der Waals surface area contributed by atoms with E-state index in [9.17, 15) is 27.1 Å². The van der Waals surface area contributed by atoms with Crippen molar-refractivity contribution >= 4 is 0 Å². The third kappa shape index (κ3) is 4.04. The molecule has 0 aliphatic rings. The van der Waals surface area contributed by atoms with Gasteiger partial charge in [0.25, 0.3) is 0 Å². The van der Waals surface area contributed by atoms with Crippen LogP contribution in [0.5, 0.6) is 5.75 Å². The summed E-state index contributed by atoms with van der Waals surface area (Å²) in [6.45, 7) is 3.67. The minimum atomic E-state index is -4.54. The molecule has 3 aromatic carbocycles. The Morgan fingerprint density at radius 1 is 0.767 bits per heavy atom. The fraction of sp³-hybridized carbons (Fsp3) is 0.250. The zero-order valence-corrected chi connectivity index (χ0v) is 16.5. The van der Waals surface area contributed by atoms with Crippen LogP contribution in [0.25, 0.3) is 22.3 Å². The van der Waals surface area contributed by atoms with Crippen molar-refractivity contribution < 1.29 is 27.1 Å². The van der Waals surface area contributed by atoms with Gasteiger partial charge in [0.1, 0.15) is 0 Å². The SMILES string of the molecule is CCCc1ccc(-c2c(CC)c(F)c(F)c([O])c2-c2ccc(C(F)(F)F)cc2)cc1. The molecule has 30 heavy (non-hydrogen) atoms. The molecule has 0 fully saturated rings. The van der Waals surface area contributed by atoms with Gasteiger partial charge in [-0.05, 0) is 52.8 Å². The minimum Gasteiger partial charge on any atom is -0.286 e. The van der Waals surface area contributed by atoms with E-state index in [1.165, 1.54) is 0 Å². The summed E-state index contributed by atoms with van der Waals surface area (Å²) in [4.78, 5) is 0. The van der Waals surface area contributed by atoms with Crippen molar-refractivity contribution in [2.75, 3.05) is 0 Å². The van der Waals surface area contributed by atoms with Crippen molar-refractivity contribution in [1.82, 2.24) is 0 Å². The second kappa shape index (κ2) is 8.46. The quantitative estimate of drug-likeness (QED) is 0.374. The molecule has 0 atom stereocenters. The van der Waals surface area contributed by atoms with E-state index in [0.717, 1.165) is 42.7 Å². The molecule has 0 unspecified atom stereocenters. The Morgan fingerprint density at radius 2 is 1.30 bits per heavy atom. The molecular formula is C24H20F5O. The van der Waals surface area contributed by atoms with Gasteiger partial charge < -0.3 is 0 Å². The molecule has 0 aromatic heterocycles. The molecule has 0 saturated carbocycles. The van der Waals surface area contributed by atoms with E-state index < -0.39 is 29.1 Å². The van der Waals surface area contributed by atoms with Crippen molar-refractivity contribution in [3.8, 4) is 28.0 Å². The Labute approximate surface area is 171 Å². The summed E-state index contributed by atoms with van der Waals surface area (Å²) in [6.07, 6.45) is -2.65. The second-order valence-corrected chi connectivity index (χ2v) is 7.06. The molecule has 0 aliphatic heterocycles. The average Bonchev–Trinajstić information content (AvgIpc) is 2.72. The van der Waals surface area contributed by atoms with Gasteiger partial charge in [0.2, 0.25) is 11.6 Å². The maximum absolute atomic E-state index is 14.6. The van der Waals surface area contributed by atoms with Gasteiger partial charge in [0.05, 0.1) is 5.56 Å². The Bertz CT molecular complexity index is 1040. The number of rotatable bonds is 5. The summed E-state index contributed by atoms with van der Waals surface area (Å²) in [6, 6.07) is 11.0. The van der Waals surface area contributed by atoms with Gasteiger partial charge in [0, 0.05) is 5.56 Å². The molecular weight excluding hydrogens is 399 g/mol. The lowest BCUT2D eigenvalue weighted by Gasteiger charge is -2.18. The Kier molecular flexibility index (Phi) is 6.15. The molecule has 1 nitrogen and oxygen atoms in total. The van der Waals surface area contributed by atoms with Gasteiger partial charge in [-0.15, -0.1) is 0 Å². The number of halogens is 5. The molecule has 0 bridgehead atoms. The normalized spacial score (nSPS) is 11.7. The standard InChI is InChI=1S/C24H20F5O/c1-3-5-14-6-8-15(9-7-14)19-18(4-2)21(25)22(26)23(30)20(19)16-10-12-17(13-11-16)24(27,28)29/h6-13H,3-5H2,1-2H3. The molecule has 3 aromatic rings. The van der Waals surface area contributed by atoms with E-state index in [4.69, 9.17) is 0 Å². The topological polar surface area (TPSA) is 19.9 Å². The molecule has 0 saturated heterocycles. The molecule has 6 heteroatoms. The highest BCUT2D eigenvalue weighted by Gasteiger charge is 2.31. The number of hydrogen-bond donors (Lipinski definition) is 0. The van der Waals surface area contributed by atoms with Crippen molar-refractivity contribution in [3.63, 3.8) is 0 Å². The Balaban J connectivity index is 2.27. The summed E-state index contributed by atoms with van der Waals surface area (Å²) < 4.78 is 67.7. The minimum absolute atomic E-state index is 0.0187. The molecule has 1 radical (unpaired) electrons. The molecule has 0 amide bonds. The van der Waals surface area contributed by atoms with Crippen LogP contribution in [0, 0.1) is 11.6 Å². The molecule has 0 spiro atoms. The first-order valence-corrected chi connectivity index (χ1v) is 9.66. The van der Waals surface area contributed by atoms with Gasteiger partial charge >= 0.3 is 6.18 Å². The first-order chi connectivity index (χ1) is 14.2. The maximum atomic E-state index is 14.6. The van der Waals surface area contributed by atoms with E-state index in [1.54, 1.807) is 19.1 Å². The van der Waals surface area contributed by atoms with E-state index in [1.807, 2.05) is 19.1 Å². The lowest BCUT2D eigenvalue weighted by atomic mass is 9.87. The van der Waals surface area contributed by atoms with Gasteiger partial charge in [-0.2, -0.15) is 17.6 Å². The molecule has 0 N–H and O–H groups in total. The predicted molar refractivity (Wildman–Crippen MR) is 106 cm³/mol. The van der Waals surface area contributed by atoms with Crippen LogP contribution in [-0.4, -0.2) is 0 Å². The van der Waals surface area contributed by atoms with Gasteiger partial charge in [-0.25, -0.2) is 4.39 Å². The first-order valence-electron chi connectivity index (χ1n) is 9.66. The van der Waals surface area contributed by atoms with Crippen LogP contribution in [-0.2, 0) is 24.1 Å². The molecule has 0 aliphatic carbocycles. The summed E-state index contributed by atoms with van der Waals surface area (Å²) in [5.74, 6) is -3.91. The van der Waals surface area contributed by atoms with E-state index in [0.29, 0.717) is 5.56 Å². The largest absolute Gasteiger partial charge is 0.416 e. The van der Waals surface area contributed by atoms with Crippen LogP contribution < -0.4 is 0 Å². The third-order valence-electron chi connectivity index (χ3n) is 5.07. The highest BCUT2D eigenvalue weighted by Crippen LogP contribution is 2.45. The van der Waals surface area contributed by atoms with Crippen molar-refractivity contribution in [3.05, 3.63) is 76.9 Å². The Morgan fingerprint density at radius 3 is 1.80 bits per heavy atom. The lowest BCUT2D eigenvalue weighted by molar-refractivity contribution is -0.137. The van der Waals surface area contributed by atoms with Gasteiger partial charge in [-0.3, -0.25) is 5.11 Å². The number of hydrogen-bond acceptors (Lipinski definition) is 0. The summed E-state index contributed by atoms with van der Waals surface area (Å²) in [7, 11) is 0.